The molecule has 136 valence electrons. The molecule has 6 heteroatoms. The summed E-state index contributed by atoms with van der Waals surface area (Å²) >= 11 is 0. The van der Waals surface area contributed by atoms with Gasteiger partial charge in [0.1, 0.15) is 11.3 Å². The Bertz CT molecular complexity index is 987. The highest BCUT2D eigenvalue weighted by Gasteiger charge is 2.20. The quantitative estimate of drug-likeness (QED) is 0.762. The Hall–Kier alpha value is -2.86. The topological polar surface area (TPSA) is 75.7 Å². The second kappa shape index (κ2) is 7.17. The number of amides is 1. The number of hydrogen-bond acceptors (Lipinski definition) is 5. The van der Waals surface area contributed by atoms with Gasteiger partial charge in [0, 0.05) is 12.6 Å². The zero-order valence-corrected chi connectivity index (χ0v) is 15.3. The zero-order chi connectivity index (χ0) is 18.8. The van der Waals surface area contributed by atoms with Crippen LogP contribution in [0.1, 0.15) is 33.5 Å². The van der Waals surface area contributed by atoms with Gasteiger partial charge in [0.2, 0.25) is 0 Å². The highest BCUT2D eigenvalue weighted by atomic mass is 16.3. The van der Waals surface area contributed by atoms with E-state index in [0.29, 0.717) is 17.5 Å². The van der Waals surface area contributed by atoms with E-state index >= 15 is 0 Å². The van der Waals surface area contributed by atoms with Crippen LogP contribution >= 0.6 is 0 Å². The van der Waals surface area contributed by atoms with Gasteiger partial charge in [-0.25, -0.2) is 0 Å². The number of furan rings is 1. The Morgan fingerprint density at radius 3 is 2.58 bits per heavy atom. The number of nitrogens with zero attached hydrogens (tertiary/aromatic N) is 1. The van der Waals surface area contributed by atoms with Crippen molar-refractivity contribution in [2.45, 2.75) is 19.9 Å². The molecule has 26 heavy (non-hydrogen) atoms. The van der Waals surface area contributed by atoms with E-state index in [0.717, 1.165) is 16.9 Å². The smallest absolute Gasteiger partial charge is 0.287 e. The maximum absolute atomic E-state index is 12.5. The molecule has 0 bridgehead atoms. The van der Waals surface area contributed by atoms with E-state index in [1.165, 1.54) is 6.07 Å². The van der Waals surface area contributed by atoms with Gasteiger partial charge in [-0.1, -0.05) is 0 Å². The van der Waals surface area contributed by atoms with Crippen LogP contribution in [0.4, 0.5) is 0 Å². The van der Waals surface area contributed by atoms with Crippen LogP contribution in [-0.2, 0) is 0 Å². The number of benzene rings is 1. The lowest BCUT2D eigenvalue weighted by molar-refractivity contribution is 0.0912. The highest BCUT2D eigenvalue weighted by molar-refractivity contribution is 5.93. The minimum atomic E-state index is -0.430. The molecule has 2 heterocycles. The average molecular weight is 354 g/mol. The number of fused-ring (bicyclic) bond motifs is 1. The van der Waals surface area contributed by atoms with Gasteiger partial charge in [-0.05, 0) is 63.3 Å². The molecule has 0 saturated heterocycles. The first-order valence-electron chi connectivity index (χ1n) is 8.40. The summed E-state index contributed by atoms with van der Waals surface area (Å²) in [5.41, 5.74) is 2.20. The van der Waals surface area contributed by atoms with Crippen molar-refractivity contribution in [3.63, 3.8) is 0 Å². The number of rotatable bonds is 5. The number of nitrogens with one attached hydrogen (secondary N) is 1. The lowest BCUT2D eigenvalue weighted by Gasteiger charge is -2.22. The first-order valence-corrected chi connectivity index (χ1v) is 8.40. The SMILES string of the molecule is Cc1cc2oc(C(=O)NC[C@@H](c3ccco3)N(C)C)cc(=O)c2cc1C. The summed E-state index contributed by atoms with van der Waals surface area (Å²) in [6.07, 6.45) is 1.60. The van der Waals surface area contributed by atoms with Gasteiger partial charge in [0.25, 0.3) is 5.91 Å². The molecule has 0 unspecified atom stereocenters. The summed E-state index contributed by atoms with van der Waals surface area (Å²) in [7, 11) is 3.81. The molecule has 1 N–H and O–H groups in total. The third-order valence-electron chi connectivity index (χ3n) is 4.52. The summed E-state index contributed by atoms with van der Waals surface area (Å²) in [6, 6.07) is 8.36. The van der Waals surface area contributed by atoms with E-state index < -0.39 is 5.91 Å². The molecule has 0 aliphatic heterocycles. The van der Waals surface area contributed by atoms with Crippen LogP contribution in [0.15, 0.2) is 50.2 Å². The second-order valence-electron chi connectivity index (χ2n) is 6.61. The summed E-state index contributed by atoms with van der Waals surface area (Å²) in [6.45, 7) is 4.20. The Morgan fingerprint density at radius 1 is 1.19 bits per heavy atom. The van der Waals surface area contributed by atoms with E-state index in [-0.39, 0.29) is 17.2 Å². The van der Waals surface area contributed by atoms with Crippen molar-refractivity contribution in [1.29, 1.82) is 0 Å². The molecule has 0 saturated carbocycles. The van der Waals surface area contributed by atoms with Gasteiger partial charge in [-0.15, -0.1) is 0 Å². The standard InChI is InChI=1S/C20H22N2O4/c1-12-8-14-16(23)10-19(26-18(14)9-13(12)2)20(24)21-11-15(22(3)4)17-6-5-7-25-17/h5-10,15H,11H2,1-4H3,(H,21,24)/t15-/m0/s1. The molecule has 0 aliphatic rings. The number of hydrogen-bond donors (Lipinski definition) is 1. The van der Waals surface area contributed by atoms with Crippen LogP contribution in [0.3, 0.4) is 0 Å². The van der Waals surface area contributed by atoms with Crippen molar-refractivity contribution in [3.05, 3.63) is 69.5 Å². The average Bonchev–Trinajstić information content (AvgIpc) is 3.10. The Balaban J connectivity index is 1.83. The number of likely N-dealkylation sites (N-methyl/N-ethyl adjacent to an activating group) is 1. The Kier molecular flexibility index (Phi) is 4.95. The lowest BCUT2D eigenvalue weighted by Crippen LogP contribution is -2.34. The molecule has 0 fully saturated rings. The van der Waals surface area contributed by atoms with Crippen LogP contribution in [0.2, 0.25) is 0 Å². The Labute approximate surface area is 151 Å². The van der Waals surface area contributed by atoms with E-state index in [1.807, 2.05) is 38.9 Å². The molecule has 2 aromatic heterocycles. The predicted octanol–water partition coefficient (Wildman–Crippen LogP) is 3.04. The molecule has 1 atom stereocenters. The van der Waals surface area contributed by atoms with Crippen LogP contribution in [0.5, 0.6) is 0 Å². The van der Waals surface area contributed by atoms with Crippen LogP contribution in [-0.4, -0.2) is 31.4 Å². The molecule has 3 rings (SSSR count). The van der Waals surface area contributed by atoms with Crippen molar-refractivity contribution < 1.29 is 13.6 Å². The number of carbonyl (C=O) groups excluding carboxylic acids is 1. The first-order chi connectivity index (χ1) is 12.4. The third-order valence-corrected chi connectivity index (χ3v) is 4.52. The van der Waals surface area contributed by atoms with Gasteiger partial charge < -0.3 is 14.2 Å². The van der Waals surface area contributed by atoms with E-state index in [2.05, 4.69) is 5.32 Å². The molecular formula is C20H22N2O4. The predicted molar refractivity (Wildman–Crippen MR) is 99.4 cm³/mol. The maximum atomic E-state index is 12.5. The van der Waals surface area contributed by atoms with E-state index in [1.54, 1.807) is 24.5 Å². The molecule has 0 spiro atoms. The van der Waals surface area contributed by atoms with Gasteiger partial charge in [-0.3, -0.25) is 14.5 Å². The minimum absolute atomic E-state index is 0.00250. The highest BCUT2D eigenvalue weighted by Crippen LogP contribution is 2.19. The molecule has 3 aromatic rings. The Morgan fingerprint density at radius 2 is 1.92 bits per heavy atom. The monoisotopic (exact) mass is 354 g/mol. The van der Waals surface area contributed by atoms with Crippen molar-refractivity contribution in [2.75, 3.05) is 20.6 Å². The second-order valence-corrected chi connectivity index (χ2v) is 6.61. The van der Waals surface area contributed by atoms with Crippen molar-refractivity contribution in [3.8, 4) is 0 Å². The molecule has 0 radical (unpaired) electrons. The summed E-state index contributed by atoms with van der Waals surface area (Å²) < 4.78 is 11.1. The fraction of sp³-hybridized carbons (Fsp3) is 0.300. The van der Waals surface area contributed by atoms with Crippen LogP contribution in [0, 0.1) is 13.8 Å². The number of carbonyl (C=O) groups is 1. The molecule has 1 aromatic carbocycles. The van der Waals surface area contributed by atoms with Gasteiger partial charge >= 0.3 is 0 Å². The van der Waals surface area contributed by atoms with Gasteiger partial charge in [-0.2, -0.15) is 0 Å². The normalized spacial score (nSPS) is 12.5. The van der Waals surface area contributed by atoms with E-state index in [9.17, 15) is 9.59 Å². The van der Waals surface area contributed by atoms with Crippen LogP contribution < -0.4 is 10.7 Å². The largest absolute Gasteiger partial charge is 0.468 e. The molecule has 0 aliphatic carbocycles. The minimum Gasteiger partial charge on any atom is -0.468 e. The lowest BCUT2D eigenvalue weighted by atomic mass is 10.1. The molecular weight excluding hydrogens is 332 g/mol. The fourth-order valence-electron chi connectivity index (χ4n) is 2.82. The van der Waals surface area contributed by atoms with Crippen molar-refractivity contribution >= 4 is 16.9 Å². The molecule has 1 amide bonds. The van der Waals surface area contributed by atoms with Gasteiger partial charge in [0.05, 0.1) is 17.7 Å². The number of aryl methyl sites for hydroxylation is 2. The summed E-state index contributed by atoms with van der Waals surface area (Å²) in [5.74, 6) is 0.324. The summed E-state index contributed by atoms with van der Waals surface area (Å²) in [4.78, 5) is 26.8. The van der Waals surface area contributed by atoms with Crippen molar-refractivity contribution in [1.82, 2.24) is 10.2 Å². The third kappa shape index (κ3) is 3.55. The van der Waals surface area contributed by atoms with Crippen LogP contribution in [0.25, 0.3) is 11.0 Å². The maximum Gasteiger partial charge on any atom is 0.287 e. The van der Waals surface area contributed by atoms with Gasteiger partial charge in [0.15, 0.2) is 11.2 Å². The summed E-state index contributed by atoms with van der Waals surface area (Å²) in [5, 5.41) is 3.29. The zero-order valence-electron chi connectivity index (χ0n) is 15.3. The fourth-order valence-corrected chi connectivity index (χ4v) is 2.82. The van der Waals surface area contributed by atoms with Crippen molar-refractivity contribution in [2.24, 2.45) is 0 Å². The molecule has 6 nitrogen and oxygen atoms in total. The first kappa shape index (κ1) is 17.9. The van der Waals surface area contributed by atoms with E-state index in [4.69, 9.17) is 8.83 Å².